The van der Waals surface area contributed by atoms with Gasteiger partial charge in [-0.2, -0.15) is 10.4 Å². The van der Waals surface area contributed by atoms with Crippen LogP contribution >= 0.6 is 11.8 Å². The molecular weight excluding hydrogens is 479 g/mol. The van der Waals surface area contributed by atoms with E-state index in [1.54, 1.807) is 33.3 Å². The maximum Gasteiger partial charge on any atom is 0.257 e. The summed E-state index contributed by atoms with van der Waals surface area (Å²) in [5.74, 6) is 0.292. The van der Waals surface area contributed by atoms with Crippen molar-refractivity contribution in [2.45, 2.75) is 50.2 Å². The van der Waals surface area contributed by atoms with Crippen LogP contribution in [0.4, 0.5) is 10.2 Å². The number of nitriles is 1. The van der Waals surface area contributed by atoms with Crippen molar-refractivity contribution in [3.05, 3.63) is 53.1 Å². The fourth-order valence-electron chi connectivity index (χ4n) is 5.15. The summed E-state index contributed by atoms with van der Waals surface area (Å²) >= 11 is 1.58. The molecule has 0 spiro atoms. The standard InChI is InChI=1S/C26H29FN6O2S/c1-3-36-18-7-8-20(27)19(10-18)26(35)32-9-5-4-6-22(32)21-11-24-29-25(16(2)13-33(24)30-21)31-14-17(12-28)23(34)15-31/h7-8,10-11,13,17,22-23,34H,3-6,9,14-15H2,1-2H3/t17-,22+,23+/m1/s1. The lowest BCUT2D eigenvalue weighted by Gasteiger charge is -2.35. The third-order valence-corrected chi connectivity index (χ3v) is 7.84. The number of halogens is 1. The molecule has 0 unspecified atom stereocenters. The van der Waals surface area contributed by atoms with Crippen molar-refractivity contribution in [1.82, 2.24) is 19.5 Å². The molecule has 188 valence electrons. The summed E-state index contributed by atoms with van der Waals surface area (Å²) in [6.07, 6.45) is 3.74. The maximum atomic E-state index is 14.7. The van der Waals surface area contributed by atoms with E-state index in [4.69, 9.17) is 10.1 Å². The molecule has 1 amide bonds. The summed E-state index contributed by atoms with van der Waals surface area (Å²) in [7, 11) is 0. The fraction of sp³-hybridized carbons (Fsp3) is 0.462. The van der Waals surface area contributed by atoms with Crippen LogP contribution in [-0.4, -0.2) is 62.0 Å². The number of β-amino-alcohol motifs (C(OH)–C–C–N with tert-alkyl or cyclic N) is 1. The number of piperidine rings is 1. The highest BCUT2D eigenvalue weighted by molar-refractivity contribution is 7.99. The first-order valence-electron chi connectivity index (χ1n) is 12.3. The van der Waals surface area contributed by atoms with E-state index < -0.39 is 17.8 Å². The number of hydrogen-bond acceptors (Lipinski definition) is 7. The molecule has 1 N–H and O–H groups in total. The number of carbonyl (C=O) groups excluding carboxylic acids is 1. The molecule has 3 aromatic rings. The molecule has 2 aromatic heterocycles. The molecule has 36 heavy (non-hydrogen) atoms. The van der Waals surface area contributed by atoms with Gasteiger partial charge >= 0.3 is 0 Å². The summed E-state index contributed by atoms with van der Waals surface area (Å²) in [6.45, 7) is 5.27. The Morgan fingerprint density at radius 2 is 2.14 bits per heavy atom. The first-order valence-corrected chi connectivity index (χ1v) is 13.3. The minimum absolute atomic E-state index is 0.0972. The summed E-state index contributed by atoms with van der Waals surface area (Å²) in [4.78, 5) is 22.9. The van der Waals surface area contributed by atoms with Gasteiger partial charge in [0.2, 0.25) is 0 Å². The van der Waals surface area contributed by atoms with Gasteiger partial charge in [-0.3, -0.25) is 4.79 Å². The number of aromatic nitrogens is 3. The van der Waals surface area contributed by atoms with Crippen LogP contribution in [0.25, 0.3) is 5.65 Å². The van der Waals surface area contributed by atoms with E-state index in [0.29, 0.717) is 25.3 Å². The summed E-state index contributed by atoms with van der Waals surface area (Å²) < 4.78 is 16.4. The highest BCUT2D eigenvalue weighted by atomic mass is 32.2. The Bertz CT molecular complexity index is 1340. The van der Waals surface area contributed by atoms with E-state index in [1.165, 1.54) is 6.07 Å². The zero-order valence-corrected chi connectivity index (χ0v) is 21.2. The van der Waals surface area contributed by atoms with Crippen LogP contribution < -0.4 is 4.90 Å². The minimum Gasteiger partial charge on any atom is -0.390 e. The summed E-state index contributed by atoms with van der Waals surface area (Å²) in [5, 5.41) is 24.2. The van der Waals surface area contributed by atoms with Crippen LogP contribution in [0.2, 0.25) is 0 Å². The van der Waals surface area contributed by atoms with Gasteiger partial charge in [-0.15, -0.1) is 11.8 Å². The molecule has 2 fully saturated rings. The predicted octanol–water partition coefficient (Wildman–Crippen LogP) is 3.98. The second-order valence-corrected chi connectivity index (χ2v) is 10.7. The quantitative estimate of drug-likeness (QED) is 0.521. The number of likely N-dealkylation sites (tertiary alicyclic amines) is 1. The number of aliphatic hydroxyl groups is 1. The Balaban J connectivity index is 1.46. The highest BCUT2D eigenvalue weighted by Gasteiger charge is 2.34. The first-order chi connectivity index (χ1) is 17.4. The third-order valence-electron chi connectivity index (χ3n) is 6.96. The number of fused-ring (bicyclic) bond motifs is 1. The van der Waals surface area contributed by atoms with E-state index in [-0.39, 0.29) is 17.5 Å². The first kappa shape index (κ1) is 24.5. The number of carbonyl (C=O) groups is 1. The molecule has 8 nitrogen and oxygen atoms in total. The number of anilines is 1. The van der Waals surface area contributed by atoms with Crippen molar-refractivity contribution >= 4 is 29.1 Å². The largest absolute Gasteiger partial charge is 0.390 e. The SMILES string of the molecule is CCSc1ccc(F)c(C(=O)N2CCCC[C@H]2c2cc3nc(N4C[C@@H](C#N)[C@@H](O)C4)c(C)cn3n2)c1. The molecule has 2 saturated heterocycles. The average Bonchev–Trinajstić information content (AvgIpc) is 3.46. The van der Waals surface area contributed by atoms with Gasteiger partial charge in [0.05, 0.1) is 35.4 Å². The van der Waals surface area contributed by atoms with Gasteiger partial charge in [0.25, 0.3) is 5.91 Å². The van der Waals surface area contributed by atoms with Gasteiger partial charge in [0.1, 0.15) is 11.6 Å². The van der Waals surface area contributed by atoms with Crippen molar-refractivity contribution in [2.75, 3.05) is 30.3 Å². The second-order valence-electron chi connectivity index (χ2n) is 9.41. The minimum atomic E-state index is -0.704. The third kappa shape index (κ3) is 4.53. The highest BCUT2D eigenvalue weighted by Crippen LogP contribution is 2.34. The molecule has 3 atom stereocenters. The lowest BCUT2D eigenvalue weighted by Crippen LogP contribution is -2.39. The second kappa shape index (κ2) is 10.1. The van der Waals surface area contributed by atoms with Gasteiger partial charge in [-0.1, -0.05) is 6.92 Å². The van der Waals surface area contributed by atoms with Gasteiger partial charge in [-0.05, 0) is 50.1 Å². The van der Waals surface area contributed by atoms with E-state index in [1.807, 2.05) is 31.0 Å². The molecule has 5 rings (SSSR count). The van der Waals surface area contributed by atoms with Crippen molar-refractivity contribution < 1.29 is 14.3 Å². The number of aliphatic hydroxyl groups excluding tert-OH is 1. The fourth-order valence-corrected chi connectivity index (χ4v) is 5.85. The normalized spacial score (nSPS) is 22.2. The number of benzene rings is 1. The lowest BCUT2D eigenvalue weighted by molar-refractivity contribution is 0.0600. The predicted molar refractivity (Wildman–Crippen MR) is 135 cm³/mol. The van der Waals surface area contributed by atoms with Crippen LogP contribution in [0.15, 0.2) is 35.4 Å². The van der Waals surface area contributed by atoms with Gasteiger partial charge in [0, 0.05) is 42.4 Å². The number of rotatable bonds is 5. The average molecular weight is 509 g/mol. The number of amides is 1. The topological polar surface area (TPSA) is 97.8 Å². The molecule has 4 heterocycles. The Kier molecular flexibility index (Phi) is 6.86. The number of hydrogen-bond donors (Lipinski definition) is 1. The van der Waals surface area contributed by atoms with Crippen LogP contribution in [0, 0.1) is 30.0 Å². The van der Waals surface area contributed by atoms with Crippen molar-refractivity contribution in [2.24, 2.45) is 5.92 Å². The van der Waals surface area contributed by atoms with Crippen LogP contribution in [0.3, 0.4) is 0 Å². The van der Waals surface area contributed by atoms with E-state index >= 15 is 0 Å². The molecule has 1 aromatic carbocycles. The van der Waals surface area contributed by atoms with Gasteiger partial charge in [0.15, 0.2) is 5.65 Å². The number of thioether (sulfide) groups is 1. The van der Waals surface area contributed by atoms with Gasteiger partial charge < -0.3 is 14.9 Å². The Morgan fingerprint density at radius 3 is 2.89 bits per heavy atom. The zero-order valence-electron chi connectivity index (χ0n) is 20.4. The van der Waals surface area contributed by atoms with E-state index in [2.05, 4.69) is 6.07 Å². The smallest absolute Gasteiger partial charge is 0.257 e. The lowest BCUT2D eigenvalue weighted by atomic mass is 9.98. The maximum absolute atomic E-state index is 14.7. The van der Waals surface area contributed by atoms with Crippen molar-refractivity contribution in [1.29, 1.82) is 5.26 Å². The Labute approximate surface area is 213 Å². The van der Waals surface area contributed by atoms with Crippen LogP contribution in [0.1, 0.15) is 53.8 Å². The van der Waals surface area contributed by atoms with E-state index in [0.717, 1.165) is 47.0 Å². The molecule has 0 radical (unpaired) electrons. The van der Waals surface area contributed by atoms with Crippen molar-refractivity contribution in [3.8, 4) is 6.07 Å². The summed E-state index contributed by atoms with van der Waals surface area (Å²) in [5.41, 5.74) is 2.33. The monoisotopic (exact) mass is 508 g/mol. The Hall–Kier alpha value is -3.16. The molecule has 2 aliphatic rings. The molecule has 0 saturated carbocycles. The Morgan fingerprint density at radius 1 is 1.31 bits per heavy atom. The molecule has 10 heteroatoms. The van der Waals surface area contributed by atoms with Gasteiger partial charge in [-0.25, -0.2) is 13.9 Å². The molecular formula is C26H29FN6O2S. The van der Waals surface area contributed by atoms with Crippen LogP contribution in [-0.2, 0) is 0 Å². The molecule has 2 aliphatic heterocycles. The van der Waals surface area contributed by atoms with Crippen LogP contribution in [0.5, 0.6) is 0 Å². The summed E-state index contributed by atoms with van der Waals surface area (Å²) in [6, 6.07) is 8.50. The zero-order chi connectivity index (χ0) is 25.4. The molecule has 0 bridgehead atoms. The number of nitrogens with zero attached hydrogens (tertiary/aromatic N) is 6. The van der Waals surface area contributed by atoms with Crippen molar-refractivity contribution in [3.63, 3.8) is 0 Å². The molecule has 0 aliphatic carbocycles. The number of aryl methyl sites for hydroxylation is 1. The van der Waals surface area contributed by atoms with E-state index in [9.17, 15) is 19.6 Å².